The molecule has 2 unspecified atom stereocenters. The molecule has 90 valence electrons. The molecule has 16 heavy (non-hydrogen) atoms. The van der Waals surface area contributed by atoms with Gasteiger partial charge < -0.3 is 10.6 Å². The quantitative estimate of drug-likeness (QED) is 0.861. The Kier molecular flexibility index (Phi) is 3.50. The van der Waals surface area contributed by atoms with Gasteiger partial charge in [0, 0.05) is 24.5 Å². The van der Waals surface area contributed by atoms with E-state index in [-0.39, 0.29) is 0 Å². The Morgan fingerprint density at radius 1 is 1.44 bits per heavy atom. The summed E-state index contributed by atoms with van der Waals surface area (Å²) in [6, 6.07) is 0. The summed E-state index contributed by atoms with van der Waals surface area (Å²) in [5, 5.41) is 1.16. The molecule has 1 fully saturated rings. The molecule has 1 aromatic rings. The van der Waals surface area contributed by atoms with Gasteiger partial charge in [-0.15, -0.1) is 11.3 Å². The standard InChI is InChI=1S/C12H21N3S/c1-8-4-5-15(7-9(8)2)12-14-10(3)11(6-13)16-12/h8-9H,4-7,13H2,1-3H3. The normalized spacial score (nSPS) is 26.1. The van der Waals surface area contributed by atoms with Crippen molar-refractivity contribution in [3.8, 4) is 0 Å². The van der Waals surface area contributed by atoms with E-state index in [1.807, 2.05) is 0 Å². The fourth-order valence-corrected chi connectivity index (χ4v) is 3.15. The summed E-state index contributed by atoms with van der Waals surface area (Å²) in [7, 11) is 0. The molecule has 2 atom stereocenters. The van der Waals surface area contributed by atoms with Crippen molar-refractivity contribution in [3.63, 3.8) is 0 Å². The van der Waals surface area contributed by atoms with Crippen LogP contribution in [0.2, 0.25) is 0 Å². The summed E-state index contributed by atoms with van der Waals surface area (Å²) in [5.74, 6) is 1.60. The minimum absolute atomic E-state index is 0.614. The highest BCUT2D eigenvalue weighted by Gasteiger charge is 2.24. The maximum absolute atomic E-state index is 5.69. The molecule has 2 rings (SSSR count). The highest BCUT2D eigenvalue weighted by Crippen LogP contribution is 2.31. The molecule has 0 bridgehead atoms. The number of hydrogen-bond donors (Lipinski definition) is 1. The predicted molar refractivity (Wildman–Crippen MR) is 69.9 cm³/mol. The second kappa shape index (κ2) is 4.72. The zero-order valence-corrected chi connectivity index (χ0v) is 11.2. The third-order valence-electron chi connectivity index (χ3n) is 3.67. The third-order valence-corrected chi connectivity index (χ3v) is 4.91. The van der Waals surface area contributed by atoms with Crippen LogP contribution in [0.4, 0.5) is 5.13 Å². The van der Waals surface area contributed by atoms with Crippen molar-refractivity contribution in [2.24, 2.45) is 17.6 Å². The summed E-state index contributed by atoms with van der Waals surface area (Å²) in [6.45, 7) is 9.63. The third kappa shape index (κ3) is 2.23. The Balaban J connectivity index is 2.12. The highest BCUT2D eigenvalue weighted by atomic mass is 32.1. The summed E-state index contributed by atoms with van der Waals surface area (Å²) in [6.07, 6.45) is 1.28. The van der Waals surface area contributed by atoms with Crippen LogP contribution in [0.3, 0.4) is 0 Å². The average molecular weight is 239 g/mol. The van der Waals surface area contributed by atoms with Crippen molar-refractivity contribution in [1.29, 1.82) is 0 Å². The highest BCUT2D eigenvalue weighted by molar-refractivity contribution is 7.15. The number of nitrogens with zero attached hydrogens (tertiary/aromatic N) is 2. The van der Waals surface area contributed by atoms with Gasteiger partial charge in [0.05, 0.1) is 5.69 Å². The minimum atomic E-state index is 0.614. The molecule has 0 saturated carbocycles. The molecule has 0 amide bonds. The number of aryl methyl sites for hydroxylation is 1. The molecule has 1 aromatic heterocycles. The number of piperidine rings is 1. The Morgan fingerprint density at radius 2 is 2.19 bits per heavy atom. The lowest BCUT2D eigenvalue weighted by atomic mass is 9.89. The molecule has 0 aromatic carbocycles. The fourth-order valence-electron chi connectivity index (χ4n) is 2.17. The van der Waals surface area contributed by atoms with E-state index < -0.39 is 0 Å². The second-order valence-electron chi connectivity index (χ2n) is 4.90. The Labute approximate surface area is 102 Å². The first kappa shape index (κ1) is 11.9. The first-order valence-corrected chi connectivity index (χ1v) is 6.84. The molecule has 2 N–H and O–H groups in total. The van der Waals surface area contributed by atoms with Gasteiger partial charge in [0.15, 0.2) is 5.13 Å². The number of hydrogen-bond acceptors (Lipinski definition) is 4. The van der Waals surface area contributed by atoms with Crippen LogP contribution >= 0.6 is 11.3 Å². The molecule has 3 nitrogen and oxygen atoms in total. The number of rotatable bonds is 2. The molecule has 0 aliphatic carbocycles. The zero-order valence-electron chi connectivity index (χ0n) is 10.4. The van der Waals surface area contributed by atoms with E-state index in [1.54, 1.807) is 11.3 Å². The molecule has 0 spiro atoms. The van der Waals surface area contributed by atoms with E-state index in [1.165, 1.54) is 11.3 Å². The number of nitrogens with two attached hydrogens (primary N) is 1. The maximum Gasteiger partial charge on any atom is 0.185 e. The lowest BCUT2D eigenvalue weighted by Crippen LogP contribution is -2.38. The fraction of sp³-hybridized carbons (Fsp3) is 0.750. The van der Waals surface area contributed by atoms with Crippen molar-refractivity contribution in [2.75, 3.05) is 18.0 Å². The summed E-state index contributed by atoms with van der Waals surface area (Å²) >= 11 is 1.76. The molecule has 1 saturated heterocycles. The lowest BCUT2D eigenvalue weighted by Gasteiger charge is -2.35. The molecule has 0 radical (unpaired) electrons. The van der Waals surface area contributed by atoms with Crippen LogP contribution in [0.5, 0.6) is 0 Å². The van der Waals surface area contributed by atoms with Crippen molar-refractivity contribution in [3.05, 3.63) is 10.6 Å². The number of anilines is 1. The monoisotopic (exact) mass is 239 g/mol. The Hall–Kier alpha value is -0.610. The van der Waals surface area contributed by atoms with Crippen LogP contribution in [0.1, 0.15) is 30.8 Å². The maximum atomic E-state index is 5.69. The summed E-state index contributed by atoms with van der Waals surface area (Å²) < 4.78 is 0. The van der Waals surface area contributed by atoms with Crippen molar-refractivity contribution < 1.29 is 0 Å². The zero-order chi connectivity index (χ0) is 11.7. The van der Waals surface area contributed by atoms with Gasteiger partial charge in [-0.1, -0.05) is 13.8 Å². The van der Waals surface area contributed by atoms with Gasteiger partial charge in [0.1, 0.15) is 0 Å². The SMILES string of the molecule is Cc1nc(N2CCC(C)C(C)C2)sc1CN. The van der Waals surface area contributed by atoms with Crippen molar-refractivity contribution >= 4 is 16.5 Å². The Morgan fingerprint density at radius 3 is 2.75 bits per heavy atom. The Bertz CT molecular complexity index is 361. The predicted octanol–water partition coefficient (Wildman–Crippen LogP) is 2.39. The van der Waals surface area contributed by atoms with E-state index in [2.05, 4.69) is 30.7 Å². The largest absolute Gasteiger partial charge is 0.348 e. The van der Waals surface area contributed by atoms with E-state index in [9.17, 15) is 0 Å². The topological polar surface area (TPSA) is 42.2 Å². The van der Waals surface area contributed by atoms with Crippen LogP contribution in [0, 0.1) is 18.8 Å². The van der Waals surface area contributed by atoms with Crippen LogP contribution < -0.4 is 10.6 Å². The van der Waals surface area contributed by atoms with Gasteiger partial charge in [0.25, 0.3) is 0 Å². The lowest BCUT2D eigenvalue weighted by molar-refractivity contribution is 0.324. The van der Waals surface area contributed by atoms with Gasteiger partial charge in [0.2, 0.25) is 0 Å². The van der Waals surface area contributed by atoms with Gasteiger partial charge >= 0.3 is 0 Å². The molecule has 1 aliphatic rings. The number of aromatic nitrogens is 1. The first-order valence-electron chi connectivity index (χ1n) is 6.03. The minimum Gasteiger partial charge on any atom is -0.348 e. The smallest absolute Gasteiger partial charge is 0.185 e. The molecule has 2 heterocycles. The van der Waals surface area contributed by atoms with E-state index in [0.29, 0.717) is 6.54 Å². The van der Waals surface area contributed by atoms with Gasteiger partial charge in [-0.05, 0) is 25.2 Å². The van der Waals surface area contributed by atoms with Crippen molar-refractivity contribution in [2.45, 2.75) is 33.7 Å². The second-order valence-corrected chi connectivity index (χ2v) is 5.96. The van der Waals surface area contributed by atoms with Gasteiger partial charge in [-0.3, -0.25) is 0 Å². The summed E-state index contributed by atoms with van der Waals surface area (Å²) in [4.78, 5) is 8.27. The van der Waals surface area contributed by atoms with Gasteiger partial charge in [-0.2, -0.15) is 0 Å². The van der Waals surface area contributed by atoms with Crippen LogP contribution in [-0.4, -0.2) is 18.1 Å². The van der Waals surface area contributed by atoms with Crippen molar-refractivity contribution in [1.82, 2.24) is 4.98 Å². The number of thiazole rings is 1. The van der Waals surface area contributed by atoms with Crippen LogP contribution in [-0.2, 0) is 6.54 Å². The van der Waals surface area contributed by atoms with Crippen LogP contribution in [0.25, 0.3) is 0 Å². The van der Waals surface area contributed by atoms with Crippen LogP contribution in [0.15, 0.2) is 0 Å². The average Bonchev–Trinajstić information content (AvgIpc) is 2.64. The molecule has 4 heteroatoms. The molecular weight excluding hydrogens is 218 g/mol. The van der Waals surface area contributed by atoms with E-state index >= 15 is 0 Å². The van der Waals surface area contributed by atoms with E-state index in [4.69, 9.17) is 5.73 Å². The molecule has 1 aliphatic heterocycles. The van der Waals surface area contributed by atoms with Gasteiger partial charge in [-0.25, -0.2) is 4.98 Å². The first-order chi connectivity index (χ1) is 7.61. The molecular formula is C12H21N3S. The van der Waals surface area contributed by atoms with E-state index in [0.717, 1.165) is 35.8 Å². The summed E-state index contributed by atoms with van der Waals surface area (Å²) in [5.41, 5.74) is 6.80.